The third kappa shape index (κ3) is 2.63. The molecule has 0 saturated carbocycles. The minimum absolute atomic E-state index is 0.646. The second-order valence-electron chi connectivity index (χ2n) is 5.75. The number of piperidine rings is 1. The first-order chi connectivity index (χ1) is 9.28. The van der Waals surface area contributed by atoms with Crippen LogP contribution in [0.1, 0.15) is 29.9 Å². The fourth-order valence-corrected chi connectivity index (χ4v) is 3.17. The molecule has 104 valence electrons. The highest BCUT2D eigenvalue weighted by Crippen LogP contribution is 2.35. The Labute approximate surface area is 115 Å². The van der Waals surface area contributed by atoms with Crippen LogP contribution in [-0.4, -0.2) is 44.4 Å². The zero-order chi connectivity index (χ0) is 13.2. The van der Waals surface area contributed by atoms with E-state index in [1.54, 1.807) is 7.11 Å². The fraction of sp³-hybridized carbons (Fsp3) is 0.625. The number of hydrogen-bond acceptors (Lipinski definition) is 3. The second-order valence-corrected chi connectivity index (χ2v) is 5.75. The zero-order valence-electron chi connectivity index (χ0n) is 11.9. The Kier molecular flexibility index (Phi) is 3.76. The summed E-state index contributed by atoms with van der Waals surface area (Å²) in [6.45, 7) is 6.36. The third-order valence-electron chi connectivity index (χ3n) is 4.50. The Morgan fingerprint density at radius 2 is 1.95 bits per heavy atom. The van der Waals surface area contributed by atoms with Crippen LogP contribution in [0.2, 0.25) is 0 Å². The number of rotatable bonds is 3. The van der Waals surface area contributed by atoms with Crippen LogP contribution in [0.25, 0.3) is 0 Å². The lowest BCUT2D eigenvalue weighted by Gasteiger charge is -2.41. The van der Waals surface area contributed by atoms with Gasteiger partial charge < -0.3 is 9.47 Å². The molecule has 0 spiro atoms. The Morgan fingerprint density at radius 3 is 2.53 bits per heavy atom. The molecule has 0 aliphatic carbocycles. The Bertz CT molecular complexity index is 434. The molecule has 0 amide bonds. The van der Waals surface area contributed by atoms with E-state index in [-0.39, 0.29) is 0 Å². The van der Waals surface area contributed by atoms with Crippen LogP contribution in [0.4, 0.5) is 0 Å². The molecule has 0 aromatic heterocycles. The predicted octanol–water partition coefficient (Wildman–Crippen LogP) is 2.58. The van der Waals surface area contributed by atoms with Crippen molar-refractivity contribution in [1.29, 1.82) is 0 Å². The fourth-order valence-electron chi connectivity index (χ4n) is 3.17. The van der Waals surface area contributed by atoms with Crippen molar-refractivity contribution in [2.45, 2.75) is 31.7 Å². The summed E-state index contributed by atoms with van der Waals surface area (Å²) in [5.41, 5.74) is 2.65. The minimum Gasteiger partial charge on any atom is -0.496 e. The quantitative estimate of drug-likeness (QED) is 0.835. The molecule has 2 heterocycles. The van der Waals surface area contributed by atoms with Crippen molar-refractivity contribution in [2.75, 3.05) is 33.4 Å². The van der Waals surface area contributed by atoms with Crippen molar-refractivity contribution < 1.29 is 9.47 Å². The summed E-state index contributed by atoms with van der Waals surface area (Å²) in [6, 6.07) is 7.28. The van der Waals surface area contributed by atoms with Gasteiger partial charge in [0.05, 0.1) is 26.4 Å². The topological polar surface area (TPSA) is 21.7 Å². The Morgan fingerprint density at radius 1 is 1.21 bits per heavy atom. The van der Waals surface area contributed by atoms with Crippen molar-refractivity contribution in [3.8, 4) is 5.75 Å². The molecule has 2 aliphatic heterocycles. The maximum absolute atomic E-state index is 5.55. The van der Waals surface area contributed by atoms with Gasteiger partial charge in [-0.3, -0.25) is 4.90 Å². The van der Waals surface area contributed by atoms with Gasteiger partial charge in [-0.1, -0.05) is 12.1 Å². The maximum atomic E-state index is 5.55. The number of methoxy groups -OCH3 is 1. The molecule has 19 heavy (non-hydrogen) atoms. The molecular formula is C16H23NO2. The van der Waals surface area contributed by atoms with Crippen molar-refractivity contribution >= 4 is 0 Å². The van der Waals surface area contributed by atoms with Gasteiger partial charge in [0, 0.05) is 0 Å². The van der Waals surface area contributed by atoms with Crippen LogP contribution in [0.3, 0.4) is 0 Å². The standard InChI is InChI=1S/C16H23NO2/c1-12-3-4-15(16(9-12)18-2)13-5-7-17(8-6-13)14-10-19-11-14/h3-4,9,13-14H,5-8,10-11H2,1-2H3. The summed E-state index contributed by atoms with van der Waals surface area (Å²) >= 11 is 0. The summed E-state index contributed by atoms with van der Waals surface area (Å²) in [6.07, 6.45) is 2.46. The smallest absolute Gasteiger partial charge is 0.122 e. The molecule has 0 radical (unpaired) electrons. The van der Waals surface area contributed by atoms with Gasteiger partial charge in [0.15, 0.2) is 0 Å². The number of hydrogen-bond donors (Lipinski definition) is 0. The zero-order valence-corrected chi connectivity index (χ0v) is 11.9. The number of aryl methyl sites for hydroxylation is 1. The van der Waals surface area contributed by atoms with E-state index in [9.17, 15) is 0 Å². The number of ether oxygens (including phenoxy) is 2. The van der Waals surface area contributed by atoms with E-state index in [1.807, 2.05) is 0 Å². The van der Waals surface area contributed by atoms with Crippen molar-refractivity contribution in [1.82, 2.24) is 4.90 Å². The molecule has 2 aliphatic rings. The molecule has 0 atom stereocenters. The summed E-state index contributed by atoms with van der Waals surface area (Å²) in [5, 5.41) is 0. The Hall–Kier alpha value is -1.06. The molecule has 3 nitrogen and oxygen atoms in total. The van der Waals surface area contributed by atoms with Gasteiger partial charge in [0.1, 0.15) is 5.75 Å². The van der Waals surface area contributed by atoms with Gasteiger partial charge in [-0.25, -0.2) is 0 Å². The van der Waals surface area contributed by atoms with Crippen LogP contribution < -0.4 is 4.74 Å². The third-order valence-corrected chi connectivity index (χ3v) is 4.50. The van der Waals surface area contributed by atoms with Crippen LogP contribution in [0.15, 0.2) is 18.2 Å². The first kappa shape index (κ1) is 12.9. The molecule has 2 saturated heterocycles. The van der Waals surface area contributed by atoms with E-state index < -0.39 is 0 Å². The highest BCUT2D eigenvalue weighted by Gasteiger charge is 2.30. The average molecular weight is 261 g/mol. The second kappa shape index (κ2) is 5.51. The van der Waals surface area contributed by atoms with E-state index in [0.717, 1.165) is 19.0 Å². The first-order valence-electron chi connectivity index (χ1n) is 7.24. The molecule has 1 aromatic carbocycles. The van der Waals surface area contributed by atoms with E-state index >= 15 is 0 Å². The van der Waals surface area contributed by atoms with Gasteiger partial charge in [0.2, 0.25) is 0 Å². The van der Waals surface area contributed by atoms with Crippen molar-refractivity contribution in [3.63, 3.8) is 0 Å². The van der Waals surface area contributed by atoms with Gasteiger partial charge in [-0.05, 0) is 56.0 Å². The van der Waals surface area contributed by atoms with Crippen LogP contribution >= 0.6 is 0 Å². The summed E-state index contributed by atoms with van der Waals surface area (Å²) in [7, 11) is 1.78. The lowest BCUT2D eigenvalue weighted by molar-refractivity contribution is -0.0713. The predicted molar refractivity (Wildman–Crippen MR) is 75.9 cm³/mol. The van der Waals surface area contributed by atoms with Gasteiger partial charge in [-0.15, -0.1) is 0 Å². The Balaban J connectivity index is 1.67. The minimum atomic E-state index is 0.646. The van der Waals surface area contributed by atoms with Crippen LogP contribution in [-0.2, 0) is 4.74 Å². The highest BCUT2D eigenvalue weighted by molar-refractivity contribution is 5.39. The molecule has 0 bridgehead atoms. The van der Waals surface area contributed by atoms with Crippen LogP contribution in [0.5, 0.6) is 5.75 Å². The molecular weight excluding hydrogens is 238 g/mol. The van der Waals surface area contributed by atoms with Crippen molar-refractivity contribution in [2.24, 2.45) is 0 Å². The number of benzene rings is 1. The van der Waals surface area contributed by atoms with E-state index in [0.29, 0.717) is 12.0 Å². The molecule has 3 rings (SSSR count). The molecule has 0 unspecified atom stereocenters. The van der Waals surface area contributed by atoms with Gasteiger partial charge in [0.25, 0.3) is 0 Å². The molecule has 0 N–H and O–H groups in total. The van der Waals surface area contributed by atoms with E-state index in [4.69, 9.17) is 9.47 Å². The lowest BCUT2D eigenvalue weighted by atomic mass is 9.87. The molecule has 1 aromatic rings. The number of nitrogens with zero attached hydrogens (tertiary/aromatic N) is 1. The van der Waals surface area contributed by atoms with Crippen molar-refractivity contribution in [3.05, 3.63) is 29.3 Å². The molecule has 3 heteroatoms. The maximum Gasteiger partial charge on any atom is 0.122 e. The van der Waals surface area contributed by atoms with Gasteiger partial charge in [-0.2, -0.15) is 0 Å². The summed E-state index contributed by atoms with van der Waals surface area (Å²) < 4.78 is 10.8. The number of likely N-dealkylation sites (tertiary alicyclic amines) is 1. The largest absolute Gasteiger partial charge is 0.496 e. The van der Waals surface area contributed by atoms with E-state index in [1.165, 1.54) is 37.1 Å². The molecule has 2 fully saturated rings. The average Bonchev–Trinajstić information content (AvgIpc) is 2.38. The highest BCUT2D eigenvalue weighted by atomic mass is 16.5. The monoisotopic (exact) mass is 261 g/mol. The lowest BCUT2D eigenvalue weighted by Crippen LogP contribution is -2.51. The summed E-state index contributed by atoms with van der Waals surface area (Å²) in [5.74, 6) is 1.71. The first-order valence-corrected chi connectivity index (χ1v) is 7.24. The van der Waals surface area contributed by atoms with E-state index in [2.05, 4.69) is 30.0 Å². The summed E-state index contributed by atoms with van der Waals surface area (Å²) in [4.78, 5) is 2.58. The normalized spacial score (nSPS) is 22.2. The SMILES string of the molecule is COc1cc(C)ccc1C1CCN(C2COC2)CC1. The van der Waals surface area contributed by atoms with Gasteiger partial charge >= 0.3 is 0 Å². The van der Waals surface area contributed by atoms with Crippen LogP contribution in [0, 0.1) is 6.92 Å².